The summed E-state index contributed by atoms with van der Waals surface area (Å²) in [6.07, 6.45) is 1.93. The average Bonchev–Trinajstić information content (AvgIpc) is 2.67. The molecule has 1 unspecified atom stereocenters. The van der Waals surface area contributed by atoms with Crippen molar-refractivity contribution in [3.63, 3.8) is 0 Å². The number of hydrogen-bond acceptors (Lipinski definition) is 3. The fourth-order valence-electron chi connectivity index (χ4n) is 3.10. The van der Waals surface area contributed by atoms with Gasteiger partial charge in [0.05, 0.1) is 21.3 Å². The number of aryl methyl sites for hydroxylation is 2. The third-order valence-corrected chi connectivity index (χ3v) is 4.60. The molecule has 2 aromatic carbocycles. The molecule has 2 N–H and O–H groups in total. The number of likely N-dealkylation sites (N-methyl/N-ethyl adjacent to an activating group) is 1. The summed E-state index contributed by atoms with van der Waals surface area (Å²) in [6.45, 7) is 3.95. The Morgan fingerprint density at radius 2 is 1.74 bits per heavy atom. The van der Waals surface area contributed by atoms with Crippen molar-refractivity contribution in [2.45, 2.75) is 26.3 Å². The molecule has 0 aliphatic rings. The van der Waals surface area contributed by atoms with Gasteiger partial charge in [-0.3, -0.25) is 4.79 Å². The first-order chi connectivity index (χ1) is 13.0. The van der Waals surface area contributed by atoms with Crippen LogP contribution in [0.4, 0.5) is 0 Å². The summed E-state index contributed by atoms with van der Waals surface area (Å²) in [5, 5.41) is 3.02. The molecule has 2 aromatic rings. The predicted molar refractivity (Wildman–Crippen MR) is 108 cm³/mol. The van der Waals surface area contributed by atoms with Crippen molar-refractivity contribution in [3.8, 4) is 11.5 Å². The van der Waals surface area contributed by atoms with Gasteiger partial charge in [0.15, 0.2) is 18.0 Å². The van der Waals surface area contributed by atoms with Crippen molar-refractivity contribution < 1.29 is 19.2 Å². The predicted octanol–water partition coefficient (Wildman–Crippen LogP) is 1.78. The van der Waals surface area contributed by atoms with E-state index in [9.17, 15) is 4.79 Å². The fraction of sp³-hybridized carbons (Fsp3) is 0.409. The van der Waals surface area contributed by atoms with Crippen LogP contribution >= 0.6 is 0 Å². The molecule has 0 heterocycles. The highest BCUT2D eigenvalue weighted by molar-refractivity contribution is 5.76. The van der Waals surface area contributed by atoms with Crippen LogP contribution in [0.3, 0.4) is 0 Å². The SMILES string of the molecule is COc1cc(C)c(C[NH+](C)CC(=O)NCCCc2ccccc2)cc1OC. The second-order valence-corrected chi connectivity index (χ2v) is 6.88. The maximum Gasteiger partial charge on any atom is 0.275 e. The van der Waals surface area contributed by atoms with E-state index in [4.69, 9.17) is 9.47 Å². The summed E-state index contributed by atoms with van der Waals surface area (Å²) in [5.41, 5.74) is 3.59. The average molecular weight is 372 g/mol. The van der Waals surface area contributed by atoms with Gasteiger partial charge in [0.1, 0.15) is 6.54 Å². The summed E-state index contributed by atoms with van der Waals surface area (Å²) >= 11 is 0. The zero-order chi connectivity index (χ0) is 19.6. The van der Waals surface area contributed by atoms with Crippen molar-refractivity contribution in [1.29, 1.82) is 0 Å². The number of carbonyl (C=O) groups excluding carboxylic acids is 1. The highest BCUT2D eigenvalue weighted by atomic mass is 16.5. The Kier molecular flexibility index (Phi) is 8.14. The van der Waals surface area contributed by atoms with Crippen molar-refractivity contribution >= 4 is 5.91 Å². The third kappa shape index (κ3) is 6.61. The molecular weight excluding hydrogens is 340 g/mol. The van der Waals surface area contributed by atoms with Gasteiger partial charge in [-0.1, -0.05) is 30.3 Å². The maximum atomic E-state index is 12.2. The van der Waals surface area contributed by atoms with Gasteiger partial charge in [-0.25, -0.2) is 0 Å². The lowest BCUT2D eigenvalue weighted by Gasteiger charge is -2.17. The summed E-state index contributed by atoms with van der Waals surface area (Å²) < 4.78 is 10.7. The smallest absolute Gasteiger partial charge is 0.275 e. The number of methoxy groups -OCH3 is 2. The quantitative estimate of drug-likeness (QED) is 0.626. The van der Waals surface area contributed by atoms with Crippen LogP contribution in [-0.4, -0.2) is 40.3 Å². The Balaban J connectivity index is 1.77. The number of carbonyl (C=O) groups is 1. The first kappa shape index (κ1) is 20.8. The van der Waals surface area contributed by atoms with Gasteiger partial charge in [0, 0.05) is 12.1 Å². The van der Waals surface area contributed by atoms with Gasteiger partial charge in [0.2, 0.25) is 0 Å². The van der Waals surface area contributed by atoms with E-state index >= 15 is 0 Å². The molecule has 0 aliphatic heterocycles. The van der Waals surface area contributed by atoms with E-state index in [-0.39, 0.29) is 5.91 Å². The molecule has 0 radical (unpaired) electrons. The molecule has 0 fully saturated rings. The minimum atomic E-state index is 0.0821. The minimum absolute atomic E-state index is 0.0821. The highest BCUT2D eigenvalue weighted by Crippen LogP contribution is 2.29. The second-order valence-electron chi connectivity index (χ2n) is 6.88. The van der Waals surface area contributed by atoms with E-state index in [0.29, 0.717) is 13.1 Å². The molecule has 1 amide bonds. The second kappa shape index (κ2) is 10.6. The zero-order valence-corrected chi connectivity index (χ0v) is 16.8. The summed E-state index contributed by atoms with van der Waals surface area (Å²) in [4.78, 5) is 13.3. The van der Waals surface area contributed by atoms with Crippen LogP contribution < -0.4 is 19.7 Å². The van der Waals surface area contributed by atoms with E-state index in [1.165, 1.54) is 5.56 Å². The number of hydrogen-bond donors (Lipinski definition) is 2. The summed E-state index contributed by atoms with van der Waals surface area (Å²) in [5.74, 6) is 1.53. The Hall–Kier alpha value is -2.53. The lowest BCUT2D eigenvalue weighted by molar-refractivity contribution is -0.885. The molecule has 5 nitrogen and oxygen atoms in total. The molecular formula is C22H31N2O3+. The van der Waals surface area contributed by atoms with Crippen LogP contribution in [0.1, 0.15) is 23.1 Å². The number of quaternary nitrogens is 1. The maximum absolute atomic E-state index is 12.2. The Morgan fingerprint density at radius 3 is 2.41 bits per heavy atom. The molecule has 0 spiro atoms. The fourth-order valence-corrected chi connectivity index (χ4v) is 3.10. The van der Waals surface area contributed by atoms with Gasteiger partial charge in [0.25, 0.3) is 5.91 Å². The van der Waals surface area contributed by atoms with Crippen molar-refractivity contribution in [3.05, 3.63) is 59.2 Å². The van der Waals surface area contributed by atoms with Gasteiger partial charge < -0.3 is 19.7 Å². The molecule has 146 valence electrons. The number of benzene rings is 2. The number of nitrogens with one attached hydrogen (secondary N) is 2. The van der Waals surface area contributed by atoms with Gasteiger partial charge in [-0.2, -0.15) is 0 Å². The van der Waals surface area contributed by atoms with Gasteiger partial charge >= 0.3 is 0 Å². The minimum Gasteiger partial charge on any atom is -0.493 e. The van der Waals surface area contributed by atoms with Crippen LogP contribution in [0.2, 0.25) is 0 Å². The van der Waals surface area contributed by atoms with Crippen molar-refractivity contribution in [2.75, 3.05) is 34.4 Å². The lowest BCUT2D eigenvalue weighted by Crippen LogP contribution is -3.09. The molecule has 2 rings (SSSR count). The van der Waals surface area contributed by atoms with Crippen LogP contribution in [0, 0.1) is 6.92 Å². The standard InChI is InChI=1S/C22H30N2O3/c1-17-13-20(26-3)21(27-4)14-19(17)15-24(2)16-22(25)23-12-8-11-18-9-6-5-7-10-18/h5-7,9-10,13-14H,8,11-12,15-16H2,1-4H3,(H,23,25)/p+1. The summed E-state index contributed by atoms with van der Waals surface area (Å²) in [7, 11) is 5.30. The molecule has 0 aromatic heterocycles. The number of rotatable bonds is 10. The van der Waals surface area contributed by atoms with E-state index in [1.54, 1.807) is 14.2 Å². The van der Waals surface area contributed by atoms with E-state index < -0.39 is 0 Å². The Bertz CT molecular complexity index is 732. The van der Waals surface area contributed by atoms with Crippen LogP contribution in [0.5, 0.6) is 11.5 Å². The first-order valence-corrected chi connectivity index (χ1v) is 9.37. The van der Waals surface area contributed by atoms with Crippen LogP contribution in [0.25, 0.3) is 0 Å². The molecule has 0 saturated heterocycles. The van der Waals surface area contributed by atoms with Gasteiger partial charge in [-0.15, -0.1) is 0 Å². The summed E-state index contributed by atoms with van der Waals surface area (Å²) in [6, 6.07) is 14.3. The normalized spacial score (nSPS) is 11.7. The van der Waals surface area contributed by atoms with Crippen LogP contribution in [0.15, 0.2) is 42.5 Å². The topological polar surface area (TPSA) is 52.0 Å². The van der Waals surface area contributed by atoms with Crippen molar-refractivity contribution in [2.24, 2.45) is 0 Å². The Morgan fingerprint density at radius 1 is 1.07 bits per heavy atom. The lowest BCUT2D eigenvalue weighted by atomic mass is 10.1. The monoisotopic (exact) mass is 371 g/mol. The molecule has 0 aliphatic carbocycles. The number of amides is 1. The third-order valence-electron chi connectivity index (χ3n) is 4.60. The molecule has 1 atom stereocenters. The number of ether oxygens (including phenoxy) is 2. The Labute approximate surface area is 162 Å². The first-order valence-electron chi connectivity index (χ1n) is 9.37. The highest BCUT2D eigenvalue weighted by Gasteiger charge is 2.14. The molecule has 5 heteroatoms. The van der Waals surface area contributed by atoms with E-state index in [2.05, 4.69) is 17.4 Å². The van der Waals surface area contributed by atoms with Gasteiger partial charge in [-0.05, 0) is 43.0 Å². The van der Waals surface area contributed by atoms with Crippen LogP contribution in [-0.2, 0) is 17.8 Å². The molecule has 0 bridgehead atoms. The molecule has 27 heavy (non-hydrogen) atoms. The molecule has 0 saturated carbocycles. The van der Waals surface area contributed by atoms with E-state index in [0.717, 1.165) is 46.9 Å². The van der Waals surface area contributed by atoms with E-state index in [1.807, 2.05) is 44.3 Å². The zero-order valence-electron chi connectivity index (χ0n) is 16.8. The van der Waals surface area contributed by atoms with Crippen molar-refractivity contribution in [1.82, 2.24) is 5.32 Å². The largest absolute Gasteiger partial charge is 0.493 e.